The van der Waals surface area contributed by atoms with E-state index in [-0.39, 0.29) is 5.97 Å². The number of carbonyl (C=O) groups excluding carboxylic acids is 1. The van der Waals surface area contributed by atoms with Gasteiger partial charge in [0.2, 0.25) is 0 Å². The Bertz CT molecular complexity index is 690. The number of fused-ring (bicyclic) bond motifs is 1. The van der Waals surface area contributed by atoms with Crippen LogP contribution in [0.1, 0.15) is 70.4 Å². The molecule has 0 fully saturated rings. The fourth-order valence-corrected chi connectivity index (χ4v) is 3.22. The maximum absolute atomic E-state index is 12.4. The van der Waals surface area contributed by atoms with Gasteiger partial charge in [0.05, 0.1) is 23.3 Å². The number of aromatic nitrogens is 2. The highest BCUT2D eigenvalue weighted by Gasteiger charge is 2.26. The van der Waals surface area contributed by atoms with Gasteiger partial charge in [0, 0.05) is 0 Å². The highest BCUT2D eigenvalue weighted by Crippen LogP contribution is 2.29. The summed E-state index contributed by atoms with van der Waals surface area (Å²) in [5.74, 6) is -0.710. The van der Waals surface area contributed by atoms with Crippen LogP contribution in [-0.2, 0) is 9.53 Å². The Labute approximate surface area is 155 Å². The van der Waals surface area contributed by atoms with Gasteiger partial charge in [-0.15, -0.1) is 0 Å². The minimum Gasteiger partial charge on any atom is -0.465 e. The molecule has 0 N–H and O–H groups in total. The van der Waals surface area contributed by atoms with Crippen molar-refractivity contribution in [1.29, 1.82) is 0 Å². The maximum atomic E-state index is 12.4. The van der Waals surface area contributed by atoms with E-state index in [2.05, 4.69) is 16.9 Å². The topological polar surface area (TPSA) is 52.1 Å². The first-order valence-electron chi connectivity index (χ1n) is 9.26. The van der Waals surface area contributed by atoms with Crippen molar-refractivity contribution in [2.75, 3.05) is 6.61 Å². The number of unbranched alkanes of at least 4 members (excludes halogenated alkanes) is 5. The number of rotatable bonds is 10. The van der Waals surface area contributed by atoms with E-state index in [0.29, 0.717) is 23.9 Å². The van der Waals surface area contributed by atoms with Crippen molar-refractivity contribution in [2.45, 2.75) is 64.7 Å². The fraction of sp³-hybridized carbons (Fsp3) is 0.550. The van der Waals surface area contributed by atoms with E-state index < -0.39 is 5.92 Å². The van der Waals surface area contributed by atoms with E-state index in [9.17, 15) is 4.79 Å². The lowest BCUT2D eigenvalue weighted by molar-refractivity contribution is -0.145. The van der Waals surface area contributed by atoms with Crippen LogP contribution in [0.4, 0.5) is 0 Å². The summed E-state index contributed by atoms with van der Waals surface area (Å²) in [5.41, 5.74) is 2.02. The average Bonchev–Trinajstić information content (AvgIpc) is 2.61. The maximum Gasteiger partial charge on any atom is 0.315 e. The molecule has 0 radical (unpaired) electrons. The predicted molar refractivity (Wildman–Crippen MR) is 102 cm³/mol. The quantitative estimate of drug-likeness (QED) is 0.403. The van der Waals surface area contributed by atoms with Gasteiger partial charge in [0.25, 0.3) is 0 Å². The zero-order chi connectivity index (χ0) is 18.1. The minimum atomic E-state index is -0.448. The first-order chi connectivity index (χ1) is 12.2. The van der Waals surface area contributed by atoms with E-state index in [1.807, 2.05) is 31.2 Å². The van der Waals surface area contributed by atoms with Crippen molar-refractivity contribution in [3.8, 4) is 0 Å². The van der Waals surface area contributed by atoms with E-state index >= 15 is 0 Å². The van der Waals surface area contributed by atoms with E-state index in [1.54, 1.807) is 0 Å². The third kappa shape index (κ3) is 5.67. The van der Waals surface area contributed by atoms with Crippen LogP contribution in [0.2, 0.25) is 5.15 Å². The third-order valence-corrected chi connectivity index (χ3v) is 4.58. The van der Waals surface area contributed by atoms with Gasteiger partial charge in [-0.2, -0.15) is 0 Å². The molecule has 25 heavy (non-hydrogen) atoms. The summed E-state index contributed by atoms with van der Waals surface area (Å²) in [6.07, 6.45) is 7.69. The van der Waals surface area contributed by atoms with Gasteiger partial charge in [-0.1, -0.05) is 69.2 Å². The Hall–Kier alpha value is -1.68. The van der Waals surface area contributed by atoms with E-state index in [4.69, 9.17) is 16.3 Å². The molecule has 5 heteroatoms. The monoisotopic (exact) mass is 362 g/mol. The summed E-state index contributed by atoms with van der Waals surface area (Å²) >= 11 is 6.34. The lowest BCUT2D eigenvalue weighted by Gasteiger charge is -2.16. The Kier molecular flexibility index (Phi) is 8.13. The Morgan fingerprint density at radius 2 is 1.68 bits per heavy atom. The molecule has 1 atom stereocenters. The van der Waals surface area contributed by atoms with E-state index in [1.165, 1.54) is 25.7 Å². The minimum absolute atomic E-state index is 0.262. The van der Waals surface area contributed by atoms with Crippen LogP contribution in [0.25, 0.3) is 11.0 Å². The zero-order valence-corrected chi connectivity index (χ0v) is 15.9. The van der Waals surface area contributed by atoms with Crippen molar-refractivity contribution >= 4 is 28.6 Å². The molecule has 1 unspecified atom stereocenters. The zero-order valence-electron chi connectivity index (χ0n) is 15.1. The second-order valence-corrected chi connectivity index (χ2v) is 6.61. The van der Waals surface area contributed by atoms with Gasteiger partial charge in [-0.05, 0) is 25.5 Å². The lowest BCUT2D eigenvalue weighted by atomic mass is 9.97. The van der Waals surface area contributed by atoms with Crippen LogP contribution >= 0.6 is 11.6 Å². The molecule has 0 spiro atoms. The van der Waals surface area contributed by atoms with Crippen LogP contribution in [0.3, 0.4) is 0 Å². The second kappa shape index (κ2) is 10.3. The van der Waals surface area contributed by atoms with Crippen molar-refractivity contribution in [3.05, 3.63) is 35.1 Å². The smallest absolute Gasteiger partial charge is 0.315 e. The largest absolute Gasteiger partial charge is 0.465 e. The molecule has 1 aromatic carbocycles. The summed E-state index contributed by atoms with van der Waals surface area (Å²) in [4.78, 5) is 21.5. The number of benzene rings is 1. The molecule has 1 aromatic heterocycles. The molecule has 0 aliphatic carbocycles. The second-order valence-electron chi connectivity index (χ2n) is 6.25. The summed E-state index contributed by atoms with van der Waals surface area (Å²) < 4.78 is 5.26. The number of carbonyl (C=O) groups is 1. The van der Waals surface area contributed by atoms with Crippen LogP contribution < -0.4 is 0 Å². The van der Waals surface area contributed by atoms with Crippen molar-refractivity contribution in [3.63, 3.8) is 0 Å². The standard InChI is InChI=1S/C20H27ClN2O2/c1-3-5-6-7-8-9-12-15(20(24)25-4-2)18-19(21)23-17-14-11-10-13-16(17)22-18/h10-11,13-15H,3-9,12H2,1-2H3. The van der Waals surface area contributed by atoms with Crippen molar-refractivity contribution < 1.29 is 9.53 Å². The normalized spacial score (nSPS) is 12.3. The van der Waals surface area contributed by atoms with Crippen molar-refractivity contribution in [1.82, 2.24) is 9.97 Å². The Morgan fingerprint density at radius 3 is 2.36 bits per heavy atom. The molecule has 4 nitrogen and oxygen atoms in total. The number of hydrogen-bond acceptors (Lipinski definition) is 4. The third-order valence-electron chi connectivity index (χ3n) is 4.30. The summed E-state index contributed by atoms with van der Waals surface area (Å²) in [5, 5.41) is 0.294. The van der Waals surface area contributed by atoms with Crippen LogP contribution in [0, 0.1) is 0 Å². The molecule has 0 amide bonds. The summed E-state index contributed by atoms with van der Waals surface area (Å²) in [7, 11) is 0. The number of nitrogens with zero attached hydrogens (tertiary/aromatic N) is 2. The molecule has 0 aliphatic heterocycles. The number of para-hydroxylation sites is 2. The van der Waals surface area contributed by atoms with Gasteiger partial charge >= 0.3 is 5.97 Å². The molecule has 136 valence electrons. The molecular weight excluding hydrogens is 336 g/mol. The molecular formula is C20H27ClN2O2. The summed E-state index contributed by atoms with van der Waals surface area (Å²) in [6, 6.07) is 7.55. The van der Waals surface area contributed by atoms with Gasteiger partial charge in [0.1, 0.15) is 5.92 Å². The van der Waals surface area contributed by atoms with Gasteiger partial charge in [0.15, 0.2) is 5.15 Å². The van der Waals surface area contributed by atoms with Gasteiger partial charge in [-0.3, -0.25) is 4.79 Å². The average molecular weight is 363 g/mol. The lowest BCUT2D eigenvalue weighted by Crippen LogP contribution is -2.18. The SMILES string of the molecule is CCCCCCCCC(C(=O)OCC)c1nc2ccccc2nc1Cl. The molecule has 2 aromatic rings. The number of ether oxygens (including phenoxy) is 1. The predicted octanol–water partition coefficient (Wildman–Crippen LogP) is 5.68. The number of esters is 1. The Balaban J connectivity index is 2.14. The molecule has 0 aliphatic rings. The summed E-state index contributed by atoms with van der Waals surface area (Å²) in [6.45, 7) is 4.37. The van der Waals surface area contributed by atoms with Crippen LogP contribution in [0.15, 0.2) is 24.3 Å². The van der Waals surface area contributed by atoms with Crippen LogP contribution in [0.5, 0.6) is 0 Å². The van der Waals surface area contributed by atoms with Gasteiger partial charge < -0.3 is 4.74 Å². The number of hydrogen-bond donors (Lipinski definition) is 0. The molecule has 0 saturated carbocycles. The molecule has 2 rings (SSSR count). The molecule has 1 heterocycles. The van der Waals surface area contributed by atoms with Gasteiger partial charge in [-0.25, -0.2) is 9.97 Å². The van der Waals surface area contributed by atoms with E-state index in [0.717, 1.165) is 23.9 Å². The number of halogens is 1. The first kappa shape index (κ1) is 19.6. The first-order valence-corrected chi connectivity index (χ1v) is 9.64. The molecule has 0 bridgehead atoms. The van der Waals surface area contributed by atoms with Crippen LogP contribution in [-0.4, -0.2) is 22.5 Å². The Morgan fingerprint density at radius 1 is 1.04 bits per heavy atom. The van der Waals surface area contributed by atoms with Crippen molar-refractivity contribution in [2.24, 2.45) is 0 Å². The highest BCUT2D eigenvalue weighted by atomic mass is 35.5. The fourth-order valence-electron chi connectivity index (χ4n) is 2.95. The molecule has 0 saturated heterocycles. The highest BCUT2D eigenvalue weighted by molar-refractivity contribution is 6.30.